The van der Waals surface area contributed by atoms with Crippen LogP contribution in [0, 0.1) is 0 Å². The summed E-state index contributed by atoms with van der Waals surface area (Å²) in [4.78, 5) is 0. The van der Waals surface area contributed by atoms with Gasteiger partial charge in [0.05, 0.1) is 0 Å². The van der Waals surface area contributed by atoms with E-state index in [1.807, 2.05) is 0 Å². The van der Waals surface area contributed by atoms with Crippen molar-refractivity contribution in [1.82, 2.24) is 0 Å². The van der Waals surface area contributed by atoms with Crippen molar-refractivity contribution in [3.05, 3.63) is 0 Å². The summed E-state index contributed by atoms with van der Waals surface area (Å²) in [7, 11) is 0. The third kappa shape index (κ3) is 380. The van der Waals surface area contributed by atoms with E-state index in [0.717, 1.165) is 0 Å². The molecule has 2 N–H and O–H groups in total. The van der Waals surface area contributed by atoms with Gasteiger partial charge in [-0.1, -0.05) is 0 Å². The Morgan fingerprint density at radius 3 is 1.50 bits per heavy atom. The Balaban J connectivity index is 0. The number of halogens is 1. The molecular formula is CH5ClO3S. The van der Waals surface area contributed by atoms with Crippen LogP contribution in [0.15, 0.2) is 0 Å². The molecule has 0 rings (SSSR count). The van der Waals surface area contributed by atoms with Crippen LogP contribution >= 0.6 is 11.6 Å². The van der Waals surface area contributed by atoms with E-state index in [1.165, 1.54) is 6.38 Å². The minimum absolute atomic E-state index is 1.47. The third-order valence-electron chi connectivity index (χ3n) is 0. The Labute approximate surface area is 43.4 Å². The van der Waals surface area contributed by atoms with Crippen LogP contribution in [0.1, 0.15) is 0 Å². The summed E-state index contributed by atoms with van der Waals surface area (Å²) in [5.41, 5.74) is 0. The first-order chi connectivity index (χ1) is 2.73. The van der Waals surface area contributed by atoms with Gasteiger partial charge in [-0.25, -0.2) is 0 Å². The van der Waals surface area contributed by atoms with E-state index < -0.39 is 11.4 Å². The van der Waals surface area contributed by atoms with Crippen molar-refractivity contribution in [3.8, 4) is 0 Å². The zero-order valence-electron chi connectivity index (χ0n) is 3.09. The summed E-state index contributed by atoms with van der Waals surface area (Å²) in [6.07, 6.45) is 1.47. The molecule has 0 radical (unpaired) electrons. The number of hydrogen-bond donors (Lipinski definition) is 2. The molecule has 0 aromatic rings. The minimum atomic E-state index is -2.61. The monoisotopic (exact) mass is 132 g/mol. The molecule has 0 fully saturated rings. The zero-order chi connectivity index (χ0) is 5.58. The molecule has 3 nitrogen and oxygen atoms in total. The first-order valence-electron chi connectivity index (χ1n) is 0.910. The van der Waals surface area contributed by atoms with E-state index >= 15 is 0 Å². The van der Waals surface area contributed by atoms with Gasteiger partial charge in [0.25, 0.3) is 11.4 Å². The van der Waals surface area contributed by atoms with E-state index in [-0.39, 0.29) is 0 Å². The molecule has 0 spiro atoms. The smallest absolute Gasteiger partial charge is 0.284 e. The number of alkyl halides is 1. The lowest BCUT2D eigenvalue weighted by Gasteiger charge is -1.59. The van der Waals surface area contributed by atoms with Crippen molar-refractivity contribution < 1.29 is 13.3 Å². The maximum atomic E-state index is 8.67. The molecule has 0 saturated carbocycles. The van der Waals surface area contributed by atoms with Crippen LogP contribution in [-0.4, -0.2) is 19.7 Å². The molecule has 0 aromatic carbocycles. The van der Waals surface area contributed by atoms with E-state index in [4.69, 9.17) is 13.3 Å². The molecule has 40 valence electrons. The summed E-state index contributed by atoms with van der Waals surface area (Å²) in [5, 5.41) is 0. The molecule has 0 aliphatic rings. The van der Waals surface area contributed by atoms with Crippen LogP contribution < -0.4 is 0 Å². The third-order valence-corrected chi connectivity index (χ3v) is 0. The molecule has 0 amide bonds. The molecule has 0 aromatic heterocycles. The normalized spacial score (nSPS) is 6.83. The first kappa shape index (κ1) is 9.61. The van der Waals surface area contributed by atoms with Crippen molar-refractivity contribution in [1.29, 1.82) is 0 Å². The lowest BCUT2D eigenvalue weighted by molar-refractivity contribution is 0.454. The number of rotatable bonds is 0. The fourth-order valence-electron chi connectivity index (χ4n) is 0. The van der Waals surface area contributed by atoms with Gasteiger partial charge in [0.1, 0.15) is 0 Å². The highest BCUT2D eigenvalue weighted by molar-refractivity contribution is 7.73. The van der Waals surface area contributed by atoms with Crippen molar-refractivity contribution in [2.75, 3.05) is 6.38 Å². The highest BCUT2D eigenvalue weighted by Gasteiger charge is 1.62. The molecule has 0 aliphatic heterocycles. The second-order valence-corrected chi connectivity index (χ2v) is 0.692. The van der Waals surface area contributed by atoms with E-state index in [2.05, 4.69) is 11.6 Å². The lowest BCUT2D eigenvalue weighted by atomic mass is 12.0. The molecule has 0 atom stereocenters. The standard InChI is InChI=1S/CH3Cl.H2O3S/c1-2;1-4(2)3/h1H3;(H2,1,2,3). The second-order valence-electron chi connectivity index (χ2n) is 0.231. The second kappa shape index (κ2) is 9.03. The maximum absolute atomic E-state index is 8.67. The van der Waals surface area contributed by atoms with Gasteiger partial charge in [0.15, 0.2) is 0 Å². The topological polar surface area (TPSA) is 57.5 Å². The Kier molecular flexibility index (Phi) is 14.5. The van der Waals surface area contributed by atoms with Crippen LogP contribution in [0.4, 0.5) is 0 Å². The molecule has 0 saturated heterocycles. The average Bonchev–Trinajstić information content (AvgIpc) is 1.41. The Morgan fingerprint density at radius 1 is 1.50 bits per heavy atom. The maximum Gasteiger partial charge on any atom is 0.299 e. The SMILES string of the molecule is CCl.O=S(O)O. The molecule has 6 heavy (non-hydrogen) atoms. The van der Waals surface area contributed by atoms with Gasteiger partial charge >= 0.3 is 0 Å². The van der Waals surface area contributed by atoms with Crippen molar-refractivity contribution >= 4 is 23.0 Å². The van der Waals surface area contributed by atoms with Crippen molar-refractivity contribution in [2.24, 2.45) is 0 Å². The summed E-state index contributed by atoms with van der Waals surface area (Å²) >= 11 is 2.03. The quantitative estimate of drug-likeness (QED) is 0.374. The van der Waals surface area contributed by atoms with E-state index in [9.17, 15) is 0 Å². The fourth-order valence-corrected chi connectivity index (χ4v) is 0. The zero-order valence-corrected chi connectivity index (χ0v) is 4.66. The highest BCUT2D eigenvalue weighted by atomic mass is 35.5. The van der Waals surface area contributed by atoms with Gasteiger partial charge < -0.3 is 0 Å². The average molecular weight is 133 g/mol. The molecule has 0 bridgehead atoms. The summed E-state index contributed by atoms with van der Waals surface area (Å²) in [6.45, 7) is 0. The Morgan fingerprint density at radius 2 is 1.50 bits per heavy atom. The van der Waals surface area contributed by atoms with Crippen LogP contribution in [0.2, 0.25) is 0 Å². The van der Waals surface area contributed by atoms with Crippen LogP contribution in [-0.2, 0) is 11.4 Å². The van der Waals surface area contributed by atoms with Crippen molar-refractivity contribution in [3.63, 3.8) is 0 Å². The van der Waals surface area contributed by atoms with Gasteiger partial charge in [-0.15, -0.1) is 11.6 Å². The molecule has 0 heterocycles. The molecule has 0 aliphatic carbocycles. The summed E-state index contributed by atoms with van der Waals surface area (Å²) in [5.74, 6) is 0. The lowest BCUT2D eigenvalue weighted by Crippen LogP contribution is -1.74. The van der Waals surface area contributed by atoms with Crippen LogP contribution in [0.25, 0.3) is 0 Å². The number of hydrogen-bond acceptors (Lipinski definition) is 1. The first-order valence-corrected chi connectivity index (χ1v) is 2.73. The summed E-state index contributed by atoms with van der Waals surface area (Å²) in [6, 6.07) is 0. The van der Waals surface area contributed by atoms with Gasteiger partial charge in [-0.3, -0.25) is 9.11 Å². The van der Waals surface area contributed by atoms with Gasteiger partial charge in [-0.05, 0) is 0 Å². The van der Waals surface area contributed by atoms with E-state index in [0.29, 0.717) is 0 Å². The molecule has 5 heteroatoms. The molecular weight excluding hydrogens is 128 g/mol. The summed E-state index contributed by atoms with van der Waals surface area (Å²) < 4.78 is 22.8. The van der Waals surface area contributed by atoms with Gasteiger partial charge in [-0.2, -0.15) is 4.21 Å². The predicted octanol–water partition coefficient (Wildman–Crippen LogP) is 0.536. The Bertz CT molecular complexity index is 33.8. The van der Waals surface area contributed by atoms with E-state index in [1.54, 1.807) is 0 Å². The predicted molar refractivity (Wildman–Crippen MR) is 25.2 cm³/mol. The van der Waals surface area contributed by atoms with Crippen molar-refractivity contribution in [2.45, 2.75) is 0 Å². The van der Waals surface area contributed by atoms with Crippen LogP contribution in [0.5, 0.6) is 0 Å². The highest BCUT2D eigenvalue weighted by Crippen LogP contribution is 1.44. The fraction of sp³-hybridized carbons (Fsp3) is 1.00. The largest absolute Gasteiger partial charge is 0.299 e. The molecule has 0 unspecified atom stereocenters. The van der Waals surface area contributed by atoms with Crippen LogP contribution in [0.3, 0.4) is 0 Å². The Hall–Kier alpha value is 0.360. The van der Waals surface area contributed by atoms with Gasteiger partial charge in [0.2, 0.25) is 0 Å². The minimum Gasteiger partial charge on any atom is -0.284 e. The van der Waals surface area contributed by atoms with Gasteiger partial charge in [0, 0.05) is 6.38 Å².